The number of carbonyl (C=O) groups excluding carboxylic acids is 1. The number of benzene rings is 2. The number of aryl methyl sites for hydroxylation is 1. The van der Waals surface area contributed by atoms with Crippen molar-refractivity contribution in [2.24, 2.45) is 5.92 Å². The number of fused-ring (bicyclic) bond motifs is 1. The van der Waals surface area contributed by atoms with Gasteiger partial charge in [-0.25, -0.2) is 0 Å². The van der Waals surface area contributed by atoms with Crippen LogP contribution in [0.25, 0.3) is 10.8 Å². The van der Waals surface area contributed by atoms with Crippen LogP contribution in [0.2, 0.25) is 0 Å². The van der Waals surface area contributed by atoms with Crippen molar-refractivity contribution in [1.29, 1.82) is 0 Å². The van der Waals surface area contributed by atoms with Crippen LogP contribution in [-0.4, -0.2) is 5.97 Å². The lowest BCUT2D eigenvalue weighted by Gasteiger charge is -2.06. The van der Waals surface area contributed by atoms with Gasteiger partial charge in [-0.05, 0) is 42.2 Å². The number of hydrogen-bond acceptors (Lipinski definition) is 2. The first-order chi connectivity index (χ1) is 8.72. The van der Waals surface area contributed by atoms with Gasteiger partial charge in [-0.2, -0.15) is 0 Å². The molecule has 0 heterocycles. The van der Waals surface area contributed by atoms with Gasteiger partial charge >= 0.3 is 5.97 Å². The topological polar surface area (TPSA) is 26.3 Å². The highest BCUT2D eigenvalue weighted by molar-refractivity contribution is 5.83. The molecule has 1 fully saturated rings. The van der Waals surface area contributed by atoms with Crippen molar-refractivity contribution in [3.63, 3.8) is 0 Å². The standard InChI is InChI=1S/C16H16O2/c1-11-2-4-15-9-12(3-5-14(15)8-11)10-18-16(17)13-6-7-13/h2-5,8-9,13H,6-7,10H2,1H3. The molecule has 0 atom stereocenters. The third-order valence-corrected chi connectivity index (χ3v) is 3.35. The van der Waals surface area contributed by atoms with Crippen LogP contribution in [-0.2, 0) is 16.1 Å². The summed E-state index contributed by atoms with van der Waals surface area (Å²) < 4.78 is 5.29. The summed E-state index contributed by atoms with van der Waals surface area (Å²) in [6, 6.07) is 12.6. The van der Waals surface area contributed by atoms with Crippen molar-refractivity contribution in [2.45, 2.75) is 26.4 Å². The fourth-order valence-electron chi connectivity index (χ4n) is 2.10. The Morgan fingerprint density at radius 3 is 2.67 bits per heavy atom. The second-order valence-electron chi connectivity index (χ2n) is 5.07. The average molecular weight is 240 g/mol. The van der Waals surface area contributed by atoms with Crippen molar-refractivity contribution in [2.75, 3.05) is 0 Å². The zero-order valence-corrected chi connectivity index (χ0v) is 10.5. The molecule has 1 aliphatic rings. The number of hydrogen-bond donors (Lipinski definition) is 0. The molecule has 2 heteroatoms. The predicted octanol–water partition coefficient (Wildman–Crippen LogP) is 3.60. The molecule has 18 heavy (non-hydrogen) atoms. The molecule has 0 saturated heterocycles. The summed E-state index contributed by atoms with van der Waals surface area (Å²) in [7, 11) is 0. The summed E-state index contributed by atoms with van der Waals surface area (Å²) in [5.74, 6) is 0.132. The first-order valence-electron chi connectivity index (χ1n) is 6.38. The maximum Gasteiger partial charge on any atom is 0.309 e. The Morgan fingerprint density at radius 1 is 1.17 bits per heavy atom. The van der Waals surface area contributed by atoms with Crippen molar-refractivity contribution >= 4 is 16.7 Å². The first-order valence-corrected chi connectivity index (χ1v) is 6.38. The fraction of sp³-hybridized carbons (Fsp3) is 0.312. The predicted molar refractivity (Wildman–Crippen MR) is 71.2 cm³/mol. The molecule has 0 radical (unpaired) electrons. The minimum Gasteiger partial charge on any atom is -0.461 e. The number of carbonyl (C=O) groups is 1. The van der Waals surface area contributed by atoms with E-state index in [0.717, 1.165) is 18.4 Å². The Bertz CT molecular complexity index is 597. The smallest absolute Gasteiger partial charge is 0.309 e. The van der Waals surface area contributed by atoms with Gasteiger partial charge in [-0.1, -0.05) is 35.9 Å². The first kappa shape index (κ1) is 11.3. The summed E-state index contributed by atoms with van der Waals surface area (Å²) in [5, 5.41) is 2.42. The van der Waals surface area contributed by atoms with E-state index >= 15 is 0 Å². The molecule has 0 aromatic heterocycles. The van der Waals surface area contributed by atoms with E-state index in [0.29, 0.717) is 6.61 Å². The third-order valence-electron chi connectivity index (χ3n) is 3.35. The highest BCUT2D eigenvalue weighted by Gasteiger charge is 2.31. The molecule has 2 aromatic carbocycles. The van der Waals surface area contributed by atoms with Gasteiger partial charge in [0.15, 0.2) is 0 Å². The molecular formula is C16H16O2. The van der Waals surface area contributed by atoms with E-state index < -0.39 is 0 Å². The lowest BCUT2D eigenvalue weighted by molar-refractivity contribution is -0.146. The number of esters is 1. The third kappa shape index (κ3) is 2.37. The van der Waals surface area contributed by atoms with Crippen LogP contribution >= 0.6 is 0 Å². The summed E-state index contributed by atoms with van der Waals surface area (Å²) in [6.45, 7) is 2.48. The van der Waals surface area contributed by atoms with Crippen LogP contribution in [0.5, 0.6) is 0 Å². The van der Waals surface area contributed by atoms with Gasteiger partial charge in [0.2, 0.25) is 0 Å². The van der Waals surface area contributed by atoms with Gasteiger partial charge in [0.1, 0.15) is 6.61 Å². The van der Waals surface area contributed by atoms with Crippen LogP contribution in [0, 0.1) is 12.8 Å². The molecule has 92 valence electrons. The Balaban J connectivity index is 1.76. The average Bonchev–Trinajstić information content (AvgIpc) is 3.20. The summed E-state index contributed by atoms with van der Waals surface area (Å²) >= 11 is 0. The summed E-state index contributed by atoms with van der Waals surface area (Å²) in [5.41, 5.74) is 2.32. The van der Waals surface area contributed by atoms with Crippen molar-refractivity contribution < 1.29 is 9.53 Å². The van der Waals surface area contributed by atoms with E-state index in [1.807, 2.05) is 6.07 Å². The molecule has 0 N–H and O–H groups in total. The summed E-state index contributed by atoms with van der Waals surface area (Å²) in [4.78, 5) is 11.5. The van der Waals surface area contributed by atoms with Gasteiger partial charge < -0.3 is 4.74 Å². The maximum atomic E-state index is 11.5. The molecule has 2 nitrogen and oxygen atoms in total. The minimum atomic E-state index is -0.0426. The van der Waals surface area contributed by atoms with E-state index in [-0.39, 0.29) is 11.9 Å². The van der Waals surface area contributed by atoms with Crippen molar-refractivity contribution in [3.8, 4) is 0 Å². The molecule has 0 amide bonds. The van der Waals surface area contributed by atoms with Gasteiger partial charge in [0.05, 0.1) is 5.92 Å². The van der Waals surface area contributed by atoms with Crippen LogP contribution < -0.4 is 0 Å². The van der Waals surface area contributed by atoms with E-state index in [4.69, 9.17) is 4.74 Å². The van der Waals surface area contributed by atoms with Gasteiger partial charge in [0, 0.05) is 0 Å². The molecule has 0 aliphatic heterocycles. The zero-order chi connectivity index (χ0) is 12.5. The highest BCUT2D eigenvalue weighted by atomic mass is 16.5. The van der Waals surface area contributed by atoms with E-state index in [1.165, 1.54) is 16.3 Å². The summed E-state index contributed by atoms with van der Waals surface area (Å²) in [6.07, 6.45) is 1.99. The fourth-order valence-corrected chi connectivity index (χ4v) is 2.10. The number of ether oxygens (including phenoxy) is 1. The molecular weight excluding hydrogens is 224 g/mol. The zero-order valence-electron chi connectivity index (χ0n) is 10.5. The minimum absolute atomic E-state index is 0.0426. The van der Waals surface area contributed by atoms with Gasteiger partial charge in [-0.3, -0.25) is 4.79 Å². The number of rotatable bonds is 3. The molecule has 1 aliphatic carbocycles. The molecule has 1 saturated carbocycles. The Hall–Kier alpha value is -1.83. The molecule has 0 unspecified atom stereocenters. The highest BCUT2D eigenvalue weighted by Crippen LogP contribution is 2.30. The Labute approximate surface area is 107 Å². The van der Waals surface area contributed by atoms with Crippen LogP contribution in [0.3, 0.4) is 0 Å². The normalized spacial score (nSPS) is 14.7. The molecule has 3 rings (SSSR count). The SMILES string of the molecule is Cc1ccc2cc(COC(=O)C3CC3)ccc2c1. The van der Waals surface area contributed by atoms with Crippen LogP contribution in [0.15, 0.2) is 36.4 Å². The Morgan fingerprint density at radius 2 is 1.89 bits per heavy atom. The second-order valence-corrected chi connectivity index (χ2v) is 5.07. The molecule has 0 bridgehead atoms. The van der Waals surface area contributed by atoms with Gasteiger partial charge in [0.25, 0.3) is 0 Å². The van der Waals surface area contributed by atoms with Crippen molar-refractivity contribution in [3.05, 3.63) is 47.5 Å². The van der Waals surface area contributed by atoms with Crippen molar-refractivity contribution in [1.82, 2.24) is 0 Å². The lowest BCUT2D eigenvalue weighted by atomic mass is 10.1. The van der Waals surface area contributed by atoms with E-state index in [9.17, 15) is 4.79 Å². The maximum absolute atomic E-state index is 11.5. The van der Waals surface area contributed by atoms with E-state index in [2.05, 4.69) is 37.3 Å². The van der Waals surface area contributed by atoms with Gasteiger partial charge in [-0.15, -0.1) is 0 Å². The van der Waals surface area contributed by atoms with E-state index in [1.54, 1.807) is 0 Å². The lowest BCUT2D eigenvalue weighted by Crippen LogP contribution is -2.06. The van der Waals surface area contributed by atoms with Crippen LogP contribution in [0.4, 0.5) is 0 Å². The Kier molecular flexibility index (Phi) is 2.78. The molecule has 2 aromatic rings. The monoisotopic (exact) mass is 240 g/mol. The largest absolute Gasteiger partial charge is 0.461 e. The second kappa shape index (κ2) is 4.45. The quantitative estimate of drug-likeness (QED) is 0.766. The molecule has 0 spiro atoms. The van der Waals surface area contributed by atoms with Crippen LogP contribution in [0.1, 0.15) is 24.0 Å².